The van der Waals surface area contributed by atoms with Crippen LogP contribution in [0.25, 0.3) is 11.0 Å². The number of nitrogens with zero attached hydrogens (tertiary/aromatic N) is 2. The first-order valence-corrected chi connectivity index (χ1v) is 14.5. The van der Waals surface area contributed by atoms with E-state index in [9.17, 15) is 14.7 Å². The van der Waals surface area contributed by atoms with Gasteiger partial charge in [0.05, 0.1) is 5.52 Å². The fourth-order valence-electron chi connectivity index (χ4n) is 5.59. The predicted molar refractivity (Wildman–Crippen MR) is 161 cm³/mol. The SMILES string of the molecule is CC(C)(Cc1ccc(Oc2ncccc2C(N)=O)cc1)NCC(O)COc1cccc2[nH]c(=O)n(CC3CCCC3)c12. The quantitative estimate of drug-likeness (QED) is 0.188. The molecular weight excluding hydrogens is 534 g/mol. The largest absolute Gasteiger partial charge is 0.489 e. The molecule has 0 aliphatic heterocycles. The number of aliphatic hydroxyl groups is 1. The first-order chi connectivity index (χ1) is 20.2. The van der Waals surface area contributed by atoms with Gasteiger partial charge in [-0.05, 0) is 81.0 Å². The van der Waals surface area contributed by atoms with Gasteiger partial charge in [-0.3, -0.25) is 9.36 Å². The van der Waals surface area contributed by atoms with E-state index >= 15 is 0 Å². The average Bonchev–Trinajstić information content (AvgIpc) is 3.60. The zero-order valence-electron chi connectivity index (χ0n) is 24.1. The maximum atomic E-state index is 12.7. The molecule has 0 saturated heterocycles. The molecule has 5 rings (SSSR count). The molecule has 10 nitrogen and oxygen atoms in total. The van der Waals surface area contributed by atoms with Crippen LogP contribution in [0.2, 0.25) is 0 Å². The number of aromatic nitrogens is 3. The van der Waals surface area contributed by atoms with Crippen LogP contribution in [0.5, 0.6) is 17.4 Å². The molecule has 2 aromatic carbocycles. The van der Waals surface area contributed by atoms with Crippen LogP contribution in [0.15, 0.2) is 65.6 Å². The maximum Gasteiger partial charge on any atom is 0.326 e. The molecule has 0 bridgehead atoms. The van der Waals surface area contributed by atoms with Crippen LogP contribution in [0, 0.1) is 5.92 Å². The molecule has 1 unspecified atom stereocenters. The smallest absolute Gasteiger partial charge is 0.326 e. The number of para-hydroxylation sites is 1. The van der Waals surface area contributed by atoms with Crippen LogP contribution in [-0.2, 0) is 13.0 Å². The highest BCUT2D eigenvalue weighted by atomic mass is 16.5. The molecule has 222 valence electrons. The normalized spacial score (nSPS) is 14.7. The first-order valence-electron chi connectivity index (χ1n) is 14.5. The third-order valence-electron chi connectivity index (χ3n) is 7.74. The van der Waals surface area contributed by atoms with Crippen molar-refractivity contribution in [3.05, 3.63) is 82.4 Å². The molecule has 1 fully saturated rings. The summed E-state index contributed by atoms with van der Waals surface area (Å²) in [4.78, 5) is 31.4. The standard InChI is InChI=1S/C32H39N5O5/c1-32(2,17-21-12-14-24(15-13-21)42-30-25(29(33)39)9-6-16-34-30)35-18-23(38)20-41-27-11-5-10-26-28(27)37(31(40)36-26)19-22-7-3-4-8-22/h5-6,9-16,22-23,35,38H,3-4,7-8,17-20H2,1-2H3,(H2,33,39)(H,36,40). The first kappa shape index (κ1) is 29.3. The van der Waals surface area contributed by atoms with Crippen molar-refractivity contribution in [1.29, 1.82) is 0 Å². The average molecular weight is 574 g/mol. The summed E-state index contributed by atoms with van der Waals surface area (Å²) < 4.78 is 13.6. The van der Waals surface area contributed by atoms with E-state index in [1.807, 2.05) is 42.5 Å². The molecule has 1 atom stereocenters. The second kappa shape index (κ2) is 12.8. The van der Waals surface area contributed by atoms with Crippen molar-refractivity contribution in [3.63, 3.8) is 0 Å². The maximum absolute atomic E-state index is 12.7. The number of H-pyrrole nitrogens is 1. The number of aliphatic hydroxyl groups excluding tert-OH is 1. The third kappa shape index (κ3) is 7.18. The van der Waals surface area contributed by atoms with Gasteiger partial charge in [0.25, 0.3) is 5.91 Å². The Hall–Kier alpha value is -4.15. The van der Waals surface area contributed by atoms with Crippen LogP contribution in [0.3, 0.4) is 0 Å². The van der Waals surface area contributed by atoms with Crippen LogP contribution in [0.4, 0.5) is 0 Å². The Balaban J connectivity index is 1.14. The number of aromatic amines is 1. The summed E-state index contributed by atoms with van der Waals surface area (Å²) in [6.07, 6.45) is 6.21. The number of imidazole rings is 1. The fourth-order valence-corrected chi connectivity index (χ4v) is 5.59. The predicted octanol–water partition coefficient (Wildman–Crippen LogP) is 4.16. The molecule has 2 aromatic heterocycles. The Morgan fingerprint density at radius 2 is 1.93 bits per heavy atom. The summed E-state index contributed by atoms with van der Waals surface area (Å²) in [5.74, 6) is 1.21. The summed E-state index contributed by atoms with van der Waals surface area (Å²) in [7, 11) is 0. The molecule has 0 spiro atoms. The fraction of sp³-hybridized carbons (Fsp3) is 0.406. The number of hydrogen-bond acceptors (Lipinski definition) is 7. The topological polar surface area (TPSA) is 144 Å². The van der Waals surface area contributed by atoms with E-state index in [1.54, 1.807) is 22.9 Å². The van der Waals surface area contributed by atoms with Gasteiger partial charge in [-0.2, -0.15) is 0 Å². The number of hydrogen-bond donors (Lipinski definition) is 4. The van der Waals surface area contributed by atoms with Crippen LogP contribution >= 0.6 is 0 Å². The number of primary amides is 1. The zero-order chi connectivity index (χ0) is 29.7. The van der Waals surface area contributed by atoms with Gasteiger partial charge in [0, 0.05) is 24.8 Å². The van der Waals surface area contributed by atoms with E-state index in [1.165, 1.54) is 12.8 Å². The van der Waals surface area contributed by atoms with Gasteiger partial charge >= 0.3 is 5.69 Å². The van der Waals surface area contributed by atoms with E-state index in [2.05, 4.69) is 29.1 Å². The van der Waals surface area contributed by atoms with Gasteiger partial charge in [-0.1, -0.05) is 31.0 Å². The number of carbonyl (C=O) groups excluding carboxylic acids is 1. The van der Waals surface area contributed by atoms with Gasteiger partial charge in [0.1, 0.15) is 35.3 Å². The number of benzene rings is 2. The summed E-state index contributed by atoms with van der Waals surface area (Å²) in [6, 6.07) is 16.3. The Kier molecular flexibility index (Phi) is 8.94. The Bertz CT molecular complexity index is 1570. The van der Waals surface area contributed by atoms with Crippen LogP contribution in [0.1, 0.15) is 55.5 Å². The van der Waals surface area contributed by atoms with E-state index in [0.717, 1.165) is 29.4 Å². The van der Waals surface area contributed by atoms with Gasteiger partial charge in [0.2, 0.25) is 5.88 Å². The van der Waals surface area contributed by atoms with Gasteiger partial charge in [0.15, 0.2) is 0 Å². The number of ether oxygens (including phenoxy) is 2. The van der Waals surface area contributed by atoms with E-state index in [4.69, 9.17) is 15.2 Å². The number of nitrogens with one attached hydrogen (secondary N) is 2. The number of pyridine rings is 1. The second-order valence-corrected chi connectivity index (χ2v) is 11.7. The molecular formula is C32H39N5O5. The lowest BCUT2D eigenvalue weighted by atomic mass is 9.94. The summed E-state index contributed by atoms with van der Waals surface area (Å²) in [6.45, 7) is 5.25. The molecule has 0 radical (unpaired) electrons. The van der Waals surface area contributed by atoms with Gasteiger partial charge < -0.3 is 30.6 Å². The van der Waals surface area contributed by atoms with Crippen molar-refractivity contribution in [2.45, 2.75) is 64.1 Å². The minimum atomic E-state index is -0.748. The van der Waals surface area contributed by atoms with Crippen molar-refractivity contribution in [1.82, 2.24) is 19.9 Å². The Morgan fingerprint density at radius 3 is 2.67 bits per heavy atom. The van der Waals surface area contributed by atoms with Gasteiger partial charge in [-0.25, -0.2) is 9.78 Å². The van der Waals surface area contributed by atoms with Crippen molar-refractivity contribution in [2.24, 2.45) is 11.7 Å². The monoisotopic (exact) mass is 573 g/mol. The highest BCUT2D eigenvalue weighted by Gasteiger charge is 2.22. The molecule has 1 aliphatic rings. The highest BCUT2D eigenvalue weighted by Crippen LogP contribution is 2.30. The number of rotatable bonds is 13. The molecule has 10 heteroatoms. The zero-order valence-corrected chi connectivity index (χ0v) is 24.1. The number of amides is 1. The van der Waals surface area contributed by atoms with Crippen molar-refractivity contribution in [3.8, 4) is 17.4 Å². The van der Waals surface area contributed by atoms with Gasteiger partial charge in [-0.15, -0.1) is 0 Å². The number of nitrogens with two attached hydrogens (primary N) is 1. The van der Waals surface area contributed by atoms with Crippen LogP contribution in [-0.4, -0.2) is 50.3 Å². The van der Waals surface area contributed by atoms with E-state index in [-0.39, 0.29) is 29.3 Å². The molecule has 4 aromatic rings. The summed E-state index contributed by atoms with van der Waals surface area (Å²) >= 11 is 0. The molecule has 1 amide bonds. The Labute approximate surface area is 244 Å². The number of β-amino-alcohol motifs (C(OH)–C–C–N with tert-alkyl or cyclic N) is 1. The third-order valence-corrected chi connectivity index (χ3v) is 7.74. The molecule has 5 N–H and O–H groups in total. The van der Waals surface area contributed by atoms with Crippen molar-refractivity contribution >= 4 is 16.9 Å². The van der Waals surface area contributed by atoms with Crippen molar-refractivity contribution < 1.29 is 19.4 Å². The highest BCUT2D eigenvalue weighted by molar-refractivity contribution is 5.95. The number of fused-ring (bicyclic) bond motifs is 1. The Morgan fingerprint density at radius 1 is 1.17 bits per heavy atom. The van der Waals surface area contributed by atoms with E-state index in [0.29, 0.717) is 36.9 Å². The van der Waals surface area contributed by atoms with Crippen molar-refractivity contribution in [2.75, 3.05) is 13.2 Å². The molecule has 1 aliphatic carbocycles. The molecule has 1 saturated carbocycles. The summed E-state index contributed by atoms with van der Waals surface area (Å²) in [5, 5.41) is 14.2. The number of carbonyl (C=O) groups is 1. The lowest BCUT2D eigenvalue weighted by Crippen LogP contribution is -2.46. The summed E-state index contributed by atoms with van der Waals surface area (Å²) in [5.41, 5.74) is 7.77. The minimum absolute atomic E-state index is 0.0951. The lowest BCUT2D eigenvalue weighted by Gasteiger charge is -2.28. The van der Waals surface area contributed by atoms with Crippen LogP contribution < -0.4 is 26.2 Å². The second-order valence-electron chi connectivity index (χ2n) is 11.7. The molecule has 42 heavy (non-hydrogen) atoms. The van der Waals surface area contributed by atoms with E-state index < -0.39 is 12.0 Å². The molecule has 2 heterocycles. The minimum Gasteiger partial charge on any atom is -0.489 e. The lowest BCUT2D eigenvalue weighted by molar-refractivity contribution is 0.0993.